The summed E-state index contributed by atoms with van der Waals surface area (Å²) in [5.41, 5.74) is 2.29. The van der Waals surface area contributed by atoms with Gasteiger partial charge in [-0.1, -0.05) is 55.1 Å². The Labute approximate surface area is 136 Å². The van der Waals surface area contributed by atoms with Crippen LogP contribution in [0.4, 0.5) is 0 Å². The van der Waals surface area contributed by atoms with Gasteiger partial charge in [0.1, 0.15) is 11.9 Å². The maximum Gasteiger partial charge on any atom is 0.334 e. The number of hydrogen-bond donors (Lipinski definition) is 0. The van der Waals surface area contributed by atoms with Gasteiger partial charge in [-0.05, 0) is 36.3 Å². The molecule has 0 fully saturated rings. The predicted molar refractivity (Wildman–Crippen MR) is 92.1 cm³/mol. The van der Waals surface area contributed by atoms with Crippen LogP contribution in [0.5, 0.6) is 5.75 Å². The molecule has 0 bridgehead atoms. The number of carbonyl (C=O) groups excluding carboxylic acids is 1. The van der Waals surface area contributed by atoms with Crippen molar-refractivity contribution in [2.24, 2.45) is 0 Å². The molecule has 0 radical (unpaired) electrons. The minimum Gasteiger partial charge on any atom is -0.497 e. The van der Waals surface area contributed by atoms with Crippen molar-refractivity contribution < 1.29 is 14.3 Å². The van der Waals surface area contributed by atoms with Gasteiger partial charge in [0.15, 0.2) is 0 Å². The zero-order valence-electron chi connectivity index (χ0n) is 13.4. The highest BCUT2D eigenvalue weighted by Gasteiger charge is 2.14. The minimum absolute atomic E-state index is 0.378. The van der Waals surface area contributed by atoms with E-state index in [-0.39, 0.29) is 0 Å². The third-order valence-electron chi connectivity index (χ3n) is 3.29. The Balaban J connectivity index is 2.20. The van der Waals surface area contributed by atoms with Crippen molar-refractivity contribution in [1.82, 2.24) is 0 Å². The van der Waals surface area contributed by atoms with Crippen molar-refractivity contribution in [3.63, 3.8) is 0 Å². The Hall–Kier alpha value is -2.81. The number of esters is 1. The first-order valence-electron chi connectivity index (χ1n) is 7.34. The van der Waals surface area contributed by atoms with Crippen LogP contribution < -0.4 is 4.74 Å². The average Bonchev–Trinajstić information content (AvgIpc) is 2.59. The summed E-state index contributed by atoms with van der Waals surface area (Å²) in [6.45, 7) is 5.26. The Morgan fingerprint density at radius 2 is 1.74 bits per heavy atom. The zero-order valence-corrected chi connectivity index (χ0v) is 13.4. The van der Waals surface area contributed by atoms with E-state index < -0.39 is 12.1 Å². The monoisotopic (exact) mass is 308 g/mol. The molecule has 2 aromatic carbocycles. The van der Waals surface area contributed by atoms with Gasteiger partial charge in [0.2, 0.25) is 0 Å². The Morgan fingerprint density at radius 3 is 2.30 bits per heavy atom. The number of benzene rings is 2. The summed E-state index contributed by atoms with van der Waals surface area (Å²) >= 11 is 0. The van der Waals surface area contributed by atoms with Gasteiger partial charge < -0.3 is 9.47 Å². The topological polar surface area (TPSA) is 35.5 Å². The van der Waals surface area contributed by atoms with E-state index in [0.29, 0.717) is 5.57 Å². The number of carbonyl (C=O) groups is 1. The second-order valence-electron chi connectivity index (χ2n) is 5.15. The van der Waals surface area contributed by atoms with Crippen molar-refractivity contribution >= 4 is 12.0 Å². The molecule has 0 heterocycles. The van der Waals surface area contributed by atoms with E-state index in [2.05, 4.69) is 6.58 Å². The van der Waals surface area contributed by atoms with E-state index >= 15 is 0 Å². The molecule has 0 saturated heterocycles. The summed E-state index contributed by atoms with van der Waals surface area (Å²) in [5, 5.41) is 0. The van der Waals surface area contributed by atoms with Crippen molar-refractivity contribution in [3.8, 4) is 5.75 Å². The van der Waals surface area contributed by atoms with Crippen LogP contribution in [0.3, 0.4) is 0 Å². The summed E-state index contributed by atoms with van der Waals surface area (Å²) in [5.74, 6) is 0.397. The van der Waals surface area contributed by atoms with Crippen LogP contribution in [-0.2, 0) is 9.53 Å². The van der Waals surface area contributed by atoms with Crippen LogP contribution in [0.1, 0.15) is 24.2 Å². The molecule has 0 aliphatic rings. The predicted octanol–water partition coefficient (Wildman–Crippen LogP) is 4.57. The van der Waals surface area contributed by atoms with Crippen molar-refractivity contribution in [2.75, 3.05) is 7.11 Å². The lowest BCUT2D eigenvalue weighted by Crippen LogP contribution is -2.10. The van der Waals surface area contributed by atoms with Gasteiger partial charge in [-0.2, -0.15) is 0 Å². The Bertz CT molecular complexity index is 685. The van der Waals surface area contributed by atoms with E-state index in [0.717, 1.165) is 16.9 Å². The molecule has 1 unspecified atom stereocenters. The van der Waals surface area contributed by atoms with Gasteiger partial charge in [-0.15, -0.1) is 0 Å². The Morgan fingerprint density at radius 1 is 1.09 bits per heavy atom. The third kappa shape index (κ3) is 4.85. The highest BCUT2D eigenvalue weighted by atomic mass is 16.5. The summed E-state index contributed by atoms with van der Waals surface area (Å²) < 4.78 is 10.7. The molecule has 0 aliphatic carbocycles. The lowest BCUT2D eigenvalue weighted by atomic mass is 10.1. The van der Waals surface area contributed by atoms with E-state index in [1.54, 1.807) is 14.0 Å². The molecule has 2 aromatic rings. The number of ether oxygens (including phenoxy) is 2. The highest BCUT2D eigenvalue weighted by Crippen LogP contribution is 2.22. The quantitative estimate of drug-likeness (QED) is 0.579. The fraction of sp³-hybridized carbons (Fsp3) is 0.150. The van der Waals surface area contributed by atoms with Crippen LogP contribution in [-0.4, -0.2) is 13.1 Å². The molecule has 3 heteroatoms. The van der Waals surface area contributed by atoms with Crippen molar-refractivity contribution in [3.05, 3.63) is 84.0 Å². The van der Waals surface area contributed by atoms with Crippen LogP contribution >= 0.6 is 0 Å². The van der Waals surface area contributed by atoms with Gasteiger partial charge in [-0.3, -0.25) is 0 Å². The molecule has 0 saturated carbocycles. The van der Waals surface area contributed by atoms with Gasteiger partial charge in [0.05, 0.1) is 7.11 Å². The first kappa shape index (κ1) is 16.6. The van der Waals surface area contributed by atoms with Crippen molar-refractivity contribution in [1.29, 1.82) is 0 Å². The lowest BCUT2D eigenvalue weighted by molar-refractivity contribution is -0.142. The van der Waals surface area contributed by atoms with Crippen LogP contribution in [0.2, 0.25) is 0 Å². The van der Waals surface area contributed by atoms with E-state index in [4.69, 9.17) is 9.47 Å². The van der Waals surface area contributed by atoms with Gasteiger partial charge in [0.25, 0.3) is 0 Å². The lowest BCUT2D eigenvalue weighted by Gasteiger charge is -2.15. The van der Waals surface area contributed by atoms with Crippen molar-refractivity contribution in [2.45, 2.75) is 13.0 Å². The summed E-state index contributed by atoms with van der Waals surface area (Å²) in [6, 6.07) is 17.3. The molecule has 0 spiro atoms. The largest absolute Gasteiger partial charge is 0.497 e. The second kappa shape index (κ2) is 7.99. The molecule has 1 atom stereocenters. The number of methoxy groups -OCH3 is 1. The molecule has 0 aliphatic heterocycles. The Kier molecular flexibility index (Phi) is 5.75. The first-order valence-corrected chi connectivity index (χ1v) is 7.34. The van der Waals surface area contributed by atoms with Gasteiger partial charge >= 0.3 is 5.97 Å². The molecule has 23 heavy (non-hydrogen) atoms. The maximum absolute atomic E-state index is 11.8. The molecule has 0 N–H and O–H groups in total. The molecular weight excluding hydrogens is 288 g/mol. The minimum atomic E-state index is -0.456. The fourth-order valence-electron chi connectivity index (χ4n) is 1.99. The van der Waals surface area contributed by atoms with Crippen LogP contribution in [0.15, 0.2) is 72.8 Å². The fourth-order valence-corrected chi connectivity index (χ4v) is 1.99. The maximum atomic E-state index is 11.8. The normalized spacial score (nSPS) is 11.9. The average molecular weight is 308 g/mol. The SMILES string of the molecule is C=C(C)C(=O)OC(C=Cc1ccc(OC)cc1)c1ccccc1. The smallest absolute Gasteiger partial charge is 0.334 e. The molecule has 2 rings (SSSR count). The number of rotatable bonds is 6. The summed E-state index contributed by atoms with van der Waals surface area (Å²) in [6.07, 6.45) is 3.32. The standard InChI is InChI=1S/C20H20O3/c1-15(2)20(21)23-19(17-7-5-4-6-8-17)14-11-16-9-12-18(22-3)13-10-16/h4-14,19H,1H2,2-3H3. The molecule has 0 amide bonds. The van der Waals surface area contributed by atoms with E-state index in [9.17, 15) is 4.79 Å². The second-order valence-corrected chi connectivity index (χ2v) is 5.15. The van der Waals surface area contributed by atoms with Gasteiger partial charge in [-0.25, -0.2) is 4.79 Å². The van der Waals surface area contributed by atoms with E-state index in [1.807, 2.05) is 66.7 Å². The molecule has 0 aromatic heterocycles. The zero-order chi connectivity index (χ0) is 16.7. The van der Waals surface area contributed by atoms with Crippen LogP contribution in [0.25, 0.3) is 6.08 Å². The van der Waals surface area contributed by atoms with Crippen LogP contribution in [0, 0.1) is 0 Å². The van der Waals surface area contributed by atoms with Gasteiger partial charge in [0, 0.05) is 5.57 Å². The number of hydrogen-bond acceptors (Lipinski definition) is 3. The highest BCUT2D eigenvalue weighted by molar-refractivity contribution is 5.87. The first-order chi connectivity index (χ1) is 11.1. The summed E-state index contributed by atoms with van der Waals surface area (Å²) in [4.78, 5) is 11.8. The van der Waals surface area contributed by atoms with E-state index in [1.165, 1.54) is 0 Å². The molecular formula is C20H20O3. The third-order valence-corrected chi connectivity index (χ3v) is 3.29. The molecule has 3 nitrogen and oxygen atoms in total. The summed E-state index contributed by atoms with van der Waals surface area (Å²) in [7, 11) is 1.63. The molecule has 118 valence electrons.